The van der Waals surface area contributed by atoms with Crippen molar-refractivity contribution in [3.05, 3.63) is 34.1 Å². The van der Waals surface area contributed by atoms with Crippen LogP contribution in [0.3, 0.4) is 0 Å². The standard InChI is InChI=1S/C11H7ClO5/c1-17-7-3-6(14)8-5(13)2-4(12)10(15)9(8)11(7)16/h2-3,13,15H,1H3. The average Bonchev–Trinajstić information content (AvgIpc) is 2.28. The van der Waals surface area contributed by atoms with Crippen LogP contribution in [0.4, 0.5) is 0 Å². The predicted octanol–water partition coefficient (Wildman–Crippen LogP) is 1.66. The zero-order valence-corrected chi connectivity index (χ0v) is 9.41. The van der Waals surface area contributed by atoms with E-state index in [1.165, 1.54) is 7.11 Å². The molecule has 0 aliphatic heterocycles. The Morgan fingerprint density at radius 1 is 1.24 bits per heavy atom. The van der Waals surface area contributed by atoms with Crippen LogP contribution in [0.2, 0.25) is 5.02 Å². The molecule has 0 spiro atoms. The number of benzene rings is 1. The van der Waals surface area contributed by atoms with Crippen molar-refractivity contribution in [2.75, 3.05) is 7.11 Å². The highest BCUT2D eigenvalue weighted by atomic mass is 35.5. The van der Waals surface area contributed by atoms with Crippen molar-refractivity contribution in [1.82, 2.24) is 0 Å². The highest BCUT2D eigenvalue weighted by Gasteiger charge is 2.33. The molecule has 6 heteroatoms. The number of ether oxygens (including phenoxy) is 1. The lowest BCUT2D eigenvalue weighted by molar-refractivity contribution is 0.0912. The number of halogens is 1. The number of carbonyl (C=O) groups excluding carboxylic acids is 2. The number of carbonyl (C=O) groups is 2. The summed E-state index contributed by atoms with van der Waals surface area (Å²) < 4.78 is 4.72. The van der Waals surface area contributed by atoms with Gasteiger partial charge in [-0.3, -0.25) is 9.59 Å². The van der Waals surface area contributed by atoms with E-state index in [0.29, 0.717) is 0 Å². The van der Waals surface area contributed by atoms with Crippen molar-refractivity contribution in [2.24, 2.45) is 0 Å². The number of allylic oxidation sites excluding steroid dienone is 2. The van der Waals surface area contributed by atoms with Crippen LogP contribution in [0.5, 0.6) is 11.5 Å². The van der Waals surface area contributed by atoms with E-state index < -0.39 is 23.1 Å². The van der Waals surface area contributed by atoms with E-state index in [4.69, 9.17) is 16.3 Å². The van der Waals surface area contributed by atoms with Gasteiger partial charge in [-0.15, -0.1) is 0 Å². The molecule has 1 aromatic carbocycles. The second-order valence-electron chi connectivity index (χ2n) is 3.38. The second kappa shape index (κ2) is 3.78. The monoisotopic (exact) mass is 254 g/mol. The smallest absolute Gasteiger partial charge is 0.232 e. The molecule has 2 N–H and O–H groups in total. The Kier molecular flexibility index (Phi) is 2.55. The Bertz CT molecular complexity index is 574. The summed E-state index contributed by atoms with van der Waals surface area (Å²) in [5.74, 6) is -2.52. The Morgan fingerprint density at radius 2 is 1.88 bits per heavy atom. The minimum atomic E-state index is -0.697. The first-order valence-corrected chi connectivity index (χ1v) is 4.94. The van der Waals surface area contributed by atoms with Crippen molar-refractivity contribution in [2.45, 2.75) is 0 Å². The van der Waals surface area contributed by atoms with Gasteiger partial charge >= 0.3 is 0 Å². The summed E-state index contributed by atoms with van der Waals surface area (Å²) in [6.07, 6.45) is 0.956. The van der Waals surface area contributed by atoms with Gasteiger partial charge in [-0.1, -0.05) is 11.6 Å². The third kappa shape index (κ3) is 1.55. The van der Waals surface area contributed by atoms with Crippen LogP contribution >= 0.6 is 11.6 Å². The zero-order chi connectivity index (χ0) is 12.7. The van der Waals surface area contributed by atoms with Gasteiger partial charge in [0, 0.05) is 12.1 Å². The van der Waals surface area contributed by atoms with Gasteiger partial charge in [-0.2, -0.15) is 0 Å². The molecule has 88 valence electrons. The summed E-state index contributed by atoms with van der Waals surface area (Å²) in [6.45, 7) is 0. The quantitative estimate of drug-likeness (QED) is 0.745. The number of Topliss-reactive ketones (excluding diaryl/α,β-unsaturated/α-hetero) is 1. The van der Waals surface area contributed by atoms with Crippen molar-refractivity contribution >= 4 is 23.2 Å². The van der Waals surface area contributed by atoms with Crippen LogP contribution in [0.25, 0.3) is 0 Å². The molecule has 1 aromatic rings. The molecule has 0 aromatic heterocycles. The molecule has 5 nitrogen and oxygen atoms in total. The molecule has 2 rings (SSSR count). The molecule has 1 aliphatic rings. The molecule has 0 heterocycles. The molecular formula is C11H7ClO5. The lowest BCUT2D eigenvalue weighted by atomic mass is 9.92. The summed E-state index contributed by atoms with van der Waals surface area (Å²) in [4.78, 5) is 23.5. The molecule has 0 atom stereocenters. The summed E-state index contributed by atoms with van der Waals surface area (Å²) in [7, 11) is 1.23. The fraction of sp³-hybridized carbons (Fsp3) is 0.0909. The van der Waals surface area contributed by atoms with Gasteiger partial charge in [0.15, 0.2) is 11.5 Å². The number of rotatable bonds is 1. The molecule has 0 unspecified atom stereocenters. The summed E-state index contributed by atoms with van der Waals surface area (Å²) in [5, 5.41) is 19.0. The zero-order valence-electron chi connectivity index (χ0n) is 8.65. The van der Waals surface area contributed by atoms with E-state index in [-0.39, 0.29) is 21.9 Å². The first kappa shape index (κ1) is 11.5. The second-order valence-corrected chi connectivity index (χ2v) is 3.79. The van der Waals surface area contributed by atoms with E-state index in [1.807, 2.05) is 0 Å². The molecule has 0 saturated heterocycles. The topological polar surface area (TPSA) is 83.8 Å². The van der Waals surface area contributed by atoms with E-state index in [2.05, 4.69) is 0 Å². The molecular weight excluding hydrogens is 248 g/mol. The Hall–Kier alpha value is -2.01. The van der Waals surface area contributed by atoms with Gasteiger partial charge in [0.1, 0.15) is 11.5 Å². The van der Waals surface area contributed by atoms with E-state index in [0.717, 1.165) is 12.1 Å². The van der Waals surface area contributed by atoms with E-state index >= 15 is 0 Å². The normalized spacial score (nSPS) is 14.4. The van der Waals surface area contributed by atoms with E-state index in [9.17, 15) is 19.8 Å². The van der Waals surface area contributed by atoms with Crippen molar-refractivity contribution in [3.63, 3.8) is 0 Å². The number of ketones is 2. The van der Waals surface area contributed by atoms with Gasteiger partial charge in [0.25, 0.3) is 0 Å². The molecule has 1 aliphatic carbocycles. The van der Waals surface area contributed by atoms with Crippen molar-refractivity contribution in [3.8, 4) is 11.5 Å². The molecule has 0 amide bonds. The average molecular weight is 255 g/mol. The summed E-state index contributed by atoms with van der Waals surface area (Å²) in [5.41, 5.74) is -0.600. The van der Waals surface area contributed by atoms with Crippen LogP contribution in [-0.4, -0.2) is 28.9 Å². The van der Waals surface area contributed by atoms with Gasteiger partial charge in [0.05, 0.1) is 23.3 Å². The number of phenolic OH excluding ortho intramolecular Hbond substituents is 2. The Labute approximate surface area is 101 Å². The Morgan fingerprint density at radius 3 is 2.47 bits per heavy atom. The lowest BCUT2D eigenvalue weighted by Crippen LogP contribution is -2.18. The molecule has 17 heavy (non-hydrogen) atoms. The highest BCUT2D eigenvalue weighted by molar-refractivity contribution is 6.35. The van der Waals surface area contributed by atoms with Crippen LogP contribution in [0.1, 0.15) is 20.7 Å². The lowest BCUT2D eigenvalue weighted by Gasteiger charge is -2.16. The minimum absolute atomic E-state index is 0.209. The third-order valence-electron chi connectivity index (χ3n) is 2.41. The molecule has 0 saturated carbocycles. The molecule has 0 fully saturated rings. The largest absolute Gasteiger partial charge is 0.507 e. The maximum absolute atomic E-state index is 11.8. The first-order valence-electron chi connectivity index (χ1n) is 4.56. The molecule has 0 bridgehead atoms. The predicted molar refractivity (Wildman–Crippen MR) is 58.5 cm³/mol. The Balaban J connectivity index is 2.80. The summed E-state index contributed by atoms with van der Waals surface area (Å²) >= 11 is 5.62. The number of aromatic hydroxyl groups is 2. The fourth-order valence-corrected chi connectivity index (χ4v) is 1.83. The van der Waals surface area contributed by atoms with Crippen LogP contribution in [0, 0.1) is 0 Å². The highest BCUT2D eigenvalue weighted by Crippen LogP contribution is 2.39. The van der Waals surface area contributed by atoms with Crippen LogP contribution in [0.15, 0.2) is 17.9 Å². The first-order chi connectivity index (χ1) is 7.97. The summed E-state index contributed by atoms with van der Waals surface area (Å²) in [6, 6.07) is 1.01. The van der Waals surface area contributed by atoms with Gasteiger partial charge in [-0.05, 0) is 0 Å². The molecule has 0 radical (unpaired) electrons. The van der Waals surface area contributed by atoms with Crippen LogP contribution in [-0.2, 0) is 4.74 Å². The van der Waals surface area contributed by atoms with Crippen LogP contribution < -0.4 is 0 Å². The van der Waals surface area contributed by atoms with Gasteiger partial charge in [0.2, 0.25) is 5.78 Å². The van der Waals surface area contributed by atoms with E-state index in [1.54, 1.807) is 0 Å². The number of hydrogen-bond donors (Lipinski definition) is 2. The fourth-order valence-electron chi connectivity index (χ4n) is 1.63. The number of fused-ring (bicyclic) bond motifs is 1. The van der Waals surface area contributed by atoms with Crippen molar-refractivity contribution in [1.29, 1.82) is 0 Å². The number of methoxy groups -OCH3 is 1. The third-order valence-corrected chi connectivity index (χ3v) is 2.70. The maximum atomic E-state index is 11.8. The number of hydrogen-bond acceptors (Lipinski definition) is 5. The maximum Gasteiger partial charge on any atom is 0.232 e. The minimum Gasteiger partial charge on any atom is -0.507 e. The SMILES string of the molecule is COC1=CC(=O)c2c(O)cc(Cl)c(O)c2C1=O. The van der Waals surface area contributed by atoms with Gasteiger partial charge in [-0.25, -0.2) is 0 Å². The van der Waals surface area contributed by atoms with Gasteiger partial charge < -0.3 is 14.9 Å². The van der Waals surface area contributed by atoms with Crippen molar-refractivity contribution < 1.29 is 24.5 Å². The number of phenols is 2.